The van der Waals surface area contributed by atoms with Crippen LogP contribution < -0.4 is 10.6 Å². The lowest BCUT2D eigenvalue weighted by molar-refractivity contribution is 0.201. The maximum Gasteiger partial charge on any atom is 0.133 e. The van der Waals surface area contributed by atoms with Gasteiger partial charge in [-0.2, -0.15) is 0 Å². The van der Waals surface area contributed by atoms with Crippen molar-refractivity contribution in [1.29, 1.82) is 0 Å². The second-order valence-electron chi connectivity index (χ2n) is 3.31. The molecule has 5 heteroatoms. The molecular formula is C9H14ClN3O. The van der Waals surface area contributed by atoms with Crippen LogP contribution in [-0.4, -0.2) is 29.8 Å². The summed E-state index contributed by atoms with van der Waals surface area (Å²) in [6, 6.07) is 3.30. The predicted octanol–water partition coefficient (Wildman–Crippen LogP) is 1.13. The van der Waals surface area contributed by atoms with Crippen molar-refractivity contribution < 1.29 is 5.11 Å². The van der Waals surface area contributed by atoms with Crippen molar-refractivity contribution in [3.63, 3.8) is 0 Å². The molecule has 0 amide bonds. The molecule has 0 bridgehead atoms. The Morgan fingerprint density at radius 1 is 1.64 bits per heavy atom. The first kappa shape index (κ1) is 11.1. The number of nitrogen functional groups attached to an aromatic ring is 1. The Labute approximate surface area is 88.3 Å². The smallest absolute Gasteiger partial charge is 0.133 e. The van der Waals surface area contributed by atoms with E-state index in [1.807, 2.05) is 7.05 Å². The summed E-state index contributed by atoms with van der Waals surface area (Å²) in [7, 11) is 1.82. The Hall–Kier alpha value is -1.00. The minimum atomic E-state index is -0.415. The third-order valence-corrected chi connectivity index (χ3v) is 1.93. The first-order valence-corrected chi connectivity index (χ1v) is 4.69. The molecule has 1 heterocycles. The van der Waals surface area contributed by atoms with Crippen LogP contribution in [0.2, 0.25) is 5.15 Å². The van der Waals surface area contributed by atoms with Gasteiger partial charge >= 0.3 is 0 Å². The predicted molar refractivity (Wildman–Crippen MR) is 58.6 cm³/mol. The van der Waals surface area contributed by atoms with Crippen molar-refractivity contribution >= 4 is 23.1 Å². The molecule has 78 valence electrons. The fraction of sp³-hybridized carbons (Fsp3) is 0.444. The van der Waals surface area contributed by atoms with Crippen molar-refractivity contribution in [3.05, 3.63) is 17.3 Å². The SMILES string of the molecule is C[C@@H](O)CN(C)c1cc(N)cc(Cl)n1. The Balaban J connectivity index is 2.84. The molecule has 0 spiro atoms. The Kier molecular flexibility index (Phi) is 3.55. The number of likely N-dealkylation sites (N-methyl/N-ethyl adjacent to an activating group) is 1. The number of rotatable bonds is 3. The van der Waals surface area contributed by atoms with Crippen LogP contribution in [0.3, 0.4) is 0 Å². The van der Waals surface area contributed by atoms with Crippen LogP contribution in [0.25, 0.3) is 0 Å². The number of hydrogen-bond donors (Lipinski definition) is 2. The zero-order chi connectivity index (χ0) is 10.7. The summed E-state index contributed by atoms with van der Waals surface area (Å²) < 4.78 is 0. The van der Waals surface area contributed by atoms with Gasteiger partial charge in [0.25, 0.3) is 0 Å². The number of nitrogens with zero attached hydrogens (tertiary/aromatic N) is 2. The third-order valence-electron chi connectivity index (χ3n) is 1.73. The van der Waals surface area contributed by atoms with Crippen molar-refractivity contribution in [2.45, 2.75) is 13.0 Å². The topological polar surface area (TPSA) is 62.4 Å². The number of anilines is 2. The lowest BCUT2D eigenvalue weighted by Gasteiger charge is -2.20. The van der Waals surface area contributed by atoms with E-state index in [0.717, 1.165) is 0 Å². The van der Waals surface area contributed by atoms with Gasteiger partial charge < -0.3 is 15.7 Å². The van der Waals surface area contributed by atoms with Gasteiger partial charge in [-0.3, -0.25) is 0 Å². The van der Waals surface area contributed by atoms with Gasteiger partial charge in [-0.15, -0.1) is 0 Å². The number of halogens is 1. The van der Waals surface area contributed by atoms with Gasteiger partial charge in [-0.05, 0) is 13.0 Å². The average molecular weight is 216 g/mol. The quantitative estimate of drug-likeness (QED) is 0.743. The summed E-state index contributed by atoms with van der Waals surface area (Å²) in [5, 5.41) is 9.55. The minimum absolute atomic E-state index is 0.359. The highest BCUT2D eigenvalue weighted by Crippen LogP contribution is 2.18. The van der Waals surface area contributed by atoms with Gasteiger partial charge in [-0.1, -0.05) is 11.6 Å². The third kappa shape index (κ3) is 3.05. The number of aliphatic hydroxyl groups excluding tert-OH is 1. The monoisotopic (exact) mass is 215 g/mol. The molecule has 1 rings (SSSR count). The van der Waals surface area contributed by atoms with E-state index < -0.39 is 6.10 Å². The van der Waals surface area contributed by atoms with Crippen LogP contribution in [0.4, 0.5) is 11.5 Å². The van der Waals surface area contributed by atoms with Crippen LogP contribution in [0.1, 0.15) is 6.92 Å². The summed E-state index contributed by atoms with van der Waals surface area (Å²) >= 11 is 5.75. The van der Waals surface area contributed by atoms with E-state index in [1.165, 1.54) is 0 Å². The zero-order valence-corrected chi connectivity index (χ0v) is 8.99. The van der Waals surface area contributed by atoms with Gasteiger partial charge in [0, 0.05) is 25.3 Å². The van der Waals surface area contributed by atoms with E-state index in [-0.39, 0.29) is 0 Å². The lowest BCUT2D eigenvalue weighted by atomic mass is 10.3. The van der Waals surface area contributed by atoms with Crippen molar-refractivity contribution in [1.82, 2.24) is 4.98 Å². The average Bonchev–Trinajstić information content (AvgIpc) is 2.00. The number of aromatic nitrogens is 1. The Bertz CT molecular complexity index is 297. The van der Waals surface area contributed by atoms with E-state index in [9.17, 15) is 5.11 Å². The summed E-state index contributed by atoms with van der Waals surface area (Å²) in [6.45, 7) is 2.21. The van der Waals surface area contributed by atoms with Gasteiger partial charge in [0.1, 0.15) is 11.0 Å². The maximum absolute atomic E-state index is 9.19. The summed E-state index contributed by atoms with van der Waals surface area (Å²) in [5.41, 5.74) is 6.18. The fourth-order valence-corrected chi connectivity index (χ4v) is 1.40. The second-order valence-corrected chi connectivity index (χ2v) is 3.70. The zero-order valence-electron chi connectivity index (χ0n) is 8.24. The fourth-order valence-electron chi connectivity index (χ4n) is 1.19. The first-order chi connectivity index (χ1) is 6.49. The number of pyridine rings is 1. The van der Waals surface area contributed by atoms with E-state index in [0.29, 0.717) is 23.2 Å². The molecule has 0 aromatic carbocycles. The maximum atomic E-state index is 9.19. The van der Waals surface area contributed by atoms with Gasteiger partial charge in [0.15, 0.2) is 0 Å². The molecule has 1 aromatic heterocycles. The van der Waals surface area contributed by atoms with Gasteiger partial charge in [-0.25, -0.2) is 4.98 Å². The van der Waals surface area contributed by atoms with E-state index in [2.05, 4.69) is 4.98 Å². The molecule has 1 aromatic rings. The largest absolute Gasteiger partial charge is 0.399 e. The van der Waals surface area contributed by atoms with Crippen molar-refractivity contribution in [2.24, 2.45) is 0 Å². The molecule has 4 nitrogen and oxygen atoms in total. The molecule has 0 aliphatic rings. The molecule has 0 fully saturated rings. The highest BCUT2D eigenvalue weighted by atomic mass is 35.5. The Morgan fingerprint density at radius 3 is 2.79 bits per heavy atom. The number of nitrogens with two attached hydrogens (primary N) is 1. The van der Waals surface area contributed by atoms with Crippen molar-refractivity contribution in [3.8, 4) is 0 Å². The van der Waals surface area contributed by atoms with Crippen LogP contribution in [0.5, 0.6) is 0 Å². The minimum Gasteiger partial charge on any atom is -0.399 e. The first-order valence-electron chi connectivity index (χ1n) is 4.31. The molecule has 0 aliphatic heterocycles. The molecule has 0 saturated carbocycles. The molecule has 0 radical (unpaired) electrons. The summed E-state index contributed by atoms with van der Waals surface area (Å²) in [6.07, 6.45) is -0.415. The number of hydrogen-bond acceptors (Lipinski definition) is 4. The van der Waals surface area contributed by atoms with Crippen LogP contribution in [-0.2, 0) is 0 Å². The standard InChI is InChI=1S/C9H14ClN3O/c1-6(14)5-13(2)9-4-7(11)3-8(10)12-9/h3-4,6,14H,5H2,1-2H3,(H2,11,12)/t6-/m1/s1. The molecule has 1 atom stereocenters. The highest BCUT2D eigenvalue weighted by molar-refractivity contribution is 6.29. The van der Waals surface area contributed by atoms with Crippen LogP contribution in [0, 0.1) is 0 Å². The summed E-state index contributed by atoms with van der Waals surface area (Å²) in [4.78, 5) is 5.89. The molecule has 0 unspecified atom stereocenters. The molecule has 0 saturated heterocycles. The molecular weight excluding hydrogens is 202 g/mol. The highest BCUT2D eigenvalue weighted by Gasteiger charge is 2.07. The normalized spacial score (nSPS) is 12.6. The lowest BCUT2D eigenvalue weighted by Crippen LogP contribution is -2.27. The molecule has 3 N–H and O–H groups in total. The Morgan fingerprint density at radius 2 is 2.29 bits per heavy atom. The van der Waals surface area contributed by atoms with Crippen LogP contribution in [0.15, 0.2) is 12.1 Å². The summed E-state index contributed by atoms with van der Waals surface area (Å²) in [5.74, 6) is 0.663. The van der Waals surface area contributed by atoms with Gasteiger partial charge in [0.05, 0.1) is 6.10 Å². The number of aliphatic hydroxyl groups is 1. The van der Waals surface area contributed by atoms with E-state index in [4.69, 9.17) is 17.3 Å². The van der Waals surface area contributed by atoms with Crippen molar-refractivity contribution in [2.75, 3.05) is 24.2 Å². The van der Waals surface area contributed by atoms with Crippen LogP contribution >= 0.6 is 11.6 Å². The second kappa shape index (κ2) is 4.48. The van der Waals surface area contributed by atoms with Gasteiger partial charge in [0.2, 0.25) is 0 Å². The van der Waals surface area contributed by atoms with E-state index in [1.54, 1.807) is 24.0 Å². The van der Waals surface area contributed by atoms with E-state index >= 15 is 0 Å². The molecule has 0 aliphatic carbocycles. The molecule has 14 heavy (non-hydrogen) atoms.